The summed E-state index contributed by atoms with van der Waals surface area (Å²) in [5, 5.41) is 4.34. The first kappa shape index (κ1) is 17.4. The number of H-pyrrole nitrogens is 1. The molecule has 1 N–H and O–H groups in total. The van der Waals surface area contributed by atoms with Crippen molar-refractivity contribution < 1.29 is 4.79 Å². The van der Waals surface area contributed by atoms with Crippen molar-refractivity contribution in [2.24, 2.45) is 0 Å². The van der Waals surface area contributed by atoms with Crippen LogP contribution in [0.5, 0.6) is 0 Å². The van der Waals surface area contributed by atoms with Crippen LogP contribution >= 0.6 is 0 Å². The van der Waals surface area contributed by atoms with Crippen LogP contribution in [0, 0.1) is 20.8 Å². The number of hydrogen-bond acceptors (Lipinski definition) is 4. The molecule has 134 valence electrons. The molecule has 1 aliphatic rings. The van der Waals surface area contributed by atoms with Gasteiger partial charge in [0.25, 0.3) is 5.56 Å². The smallest absolute Gasteiger partial charge is 0.254 e. The van der Waals surface area contributed by atoms with Gasteiger partial charge >= 0.3 is 0 Å². The number of aryl methyl sites for hydroxylation is 3. The maximum Gasteiger partial charge on any atom is 0.254 e. The van der Waals surface area contributed by atoms with E-state index in [1.54, 1.807) is 13.8 Å². The minimum absolute atomic E-state index is 0.00664. The van der Waals surface area contributed by atoms with Crippen molar-refractivity contribution in [2.75, 3.05) is 6.54 Å². The summed E-state index contributed by atoms with van der Waals surface area (Å²) in [5.74, 6) is 0.566. The summed E-state index contributed by atoms with van der Waals surface area (Å²) in [4.78, 5) is 33.9. The van der Waals surface area contributed by atoms with Gasteiger partial charge in [0.15, 0.2) is 0 Å². The molecule has 1 saturated heterocycles. The molecule has 3 heterocycles. The molecule has 0 spiro atoms. The van der Waals surface area contributed by atoms with Crippen molar-refractivity contribution in [1.82, 2.24) is 24.6 Å². The molecule has 2 aromatic heterocycles. The molecule has 25 heavy (non-hydrogen) atoms. The van der Waals surface area contributed by atoms with Gasteiger partial charge in [0.1, 0.15) is 5.82 Å². The first-order chi connectivity index (χ1) is 11.9. The Morgan fingerprint density at radius 1 is 1.32 bits per heavy atom. The van der Waals surface area contributed by atoms with Crippen molar-refractivity contribution in [1.29, 1.82) is 0 Å². The van der Waals surface area contributed by atoms with E-state index < -0.39 is 0 Å². The van der Waals surface area contributed by atoms with Crippen LogP contribution in [0.3, 0.4) is 0 Å². The maximum absolute atomic E-state index is 12.9. The average Bonchev–Trinajstić information content (AvgIpc) is 2.96. The number of aromatic amines is 1. The molecule has 1 atom stereocenters. The Kier molecular flexibility index (Phi) is 5.01. The van der Waals surface area contributed by atoms with Crippen LogP contribution in [0.25, 0.3) is 0 Å². The molecule has 0 radical (unpaired) electrons. The molecule has 1 unspecified atom stereocenters. The van der Waals surface area contributed by atoms with E-state index >= 15 is 0 Å². The molecule has 0 aromatic carbocycles. The minimum atomic E-state index is -0.213. The third-order valence-electron chi connectivity index (χ3n) is 4.78. The largest absolute Gasteiger partial charge is 0.338 e. The van der Waals surface area contributed by atoms with Gasteiger partial charge in [-0.15, -0.1) is 0 Å². The van der Waals surface area contributed by atoms with E-state index in [0.717, 1.165) is 31.4 Å². The van der Waals surface area contributed by atoms with E-state index in [2.05, 4.69) is 15.1 Å². The Hall–Kier alpha value is -2.44. The summed E-state index contributed by atoms with van der Waals surface area (Å²) >= 11 is 0. The van der Waals surface area contributed by atoms with E-state index in [4.69, 9.17) is 0 Å². The summed E-state index contributed by atoms with van der Waals surface area (Å²) in [6.45, 7) is 6.96. The lowest BCUT2D eigenvalue weighted by molar-refractivity contribution is -0.134. The third-order valence-corrected chi connectivity index (χ3v) is 4.78. The van der Waals surface area contributed by atoms with Crippen LogP contribution in [0.4, 0.5) is 0 Å². The Bertz CT molecular complexity index is 823. The SMILES string of the molecule is Cc1cnn(CC2CCCCN2C(=O)Cc2c(C)nc(C)[nH]c2=O)c1. The fourth-order valence-corrected chi connectivity index (χ4v) is 3.51. The first-order valence-electron chi connectivity index (χ1n) is 8.79. The minimum Gasteiger partial charge on any atom is -0.338 e. The Labute approximate surface area is 147 Å². The van der Waals surface area contributed by atoms with E-state index in [9.17, 15) is 9.59 Å². The Morgan fingerprint density at radius 3 is 2.80 bits per heavy atom. The zero-order valence-corrected chi connectivity index (χ0v) is 15.1. The number of nitrogens with one attached hydrogen (secondary N) is 1. The molecule has 1 fully saturated rings. The van der Waals surface area contributed by atoms with Gasteiger partial charge in [0, 0.05) is 24.0 Å². The highest BCUT2D eigenvalue weighted by Gasteiger charge is 2.28. The molecule has 3 rings (SSSR count). The van der Waals surface area contributed by atoms with Crippen LogP contribution in [0.15, 0.2) is 17.2 Å². The number of hydrogen-bond donors (Lipinski definition) is 1. The molecule has 7 nitrogen and oxygen atoms in total. The maximum atomic E-state index is 12.9. The van der Waals surface area contributed by atoms with E-state index in [-0.39, 0.29) is 23.9 Å². The lowest BCUT2D eigenvalue weighted by atomic mass is 10.0. The zero-order chi connectivity index (χ0) is 18.0. The van der Waals surface area contributed by atoms with Gasteiger partial charge in [-0.1, -0.05) is 0 Å². The van der Waals surface area contributed by atoms with Crippen molar-refractivity contribution in [2.45, 2.75) is 59.0 Å². The lowest BCUT2D eigenvalue weighted by Gasteiger charge is -2.36. The van der Waals surface area contributed by atoms with Gasteiger partial charge in [-0.2, -0.15) is 5.10 Å². The highest BCUT2D eigenvalue weighted by Crippen LogP contribution is 2.20. The van der Waals surface area contributed by atoms with E-state index in [1.807, 2.05) is 28.9 Å². The molecule has 0 aliphatic carbocycles. The van der Waals surface area contributed by atoms with Gasteiger partial charge < -0.3 is 9.88 Å². The normalized spacial score (nSPS) is 17.7. The summed E-state index contributed by atoms with van der Waals surface area (Å²) in [6.07, 6.45) is 7.00. The van der Waals surface area contributed by atoms with Gasteiger partial charge in [0.2, 0.25) is 5.91 Å². The summed E-state index contributed by atoms with van der Waals surface area (Å²) < 4.78 is 1.90. The van der Waals surface area contributed by atoms with E-state index in [1.165, 1.54) is 0 Å². The van der Waals surface area contributed by atoms with Crippen LogP contribution in [-0.4, -0.2) is 43.1 Å². The van der Waals surface area contributed by atoms with Gasteiger partial charge in [-0.05, 0) is 45.6 Å². The molecular weight excluding hydrogens is 318 g/mol. The average molecular weight is 343 g/mol. The molecule has 0 saturated carbocycles. The number of amides is 1. The number of carbonyl (C=O) groups is 1. The highest BCUT2D eigenvalue weighted by molar-refractivity contribution is 5.79. The molecule has 1 aliphatic heterocycles. The molecular formula is C18H25N5O2. The second kappa shape index (κ2) is 7.21. The number of aromatic nitrogens is 4. The standard InChI is InChI=1S/C18H25N5O2/c1-12-9-19-22(10-12)11-15-6-4-5-7-23(15)17(24)8-16-13(2)20-14(3)21-18(16)25/h9-10,15H,4-8,11H2,1-3H3,(H,20,21,25). The Balaban J connectivity index is 1.76. The second-order valence-corrected chi connectivity index (χ2v) is 6.87. The monoisotopic (exact) mass is 343 g/mol. The Morgan fingerprint density at radius 2 is 2.12 bits per heavy atom. The lowest BCUT2D eigenvalue weighted by Crippen LogP contribution is -2.47. The first-order valence-corrected chi connectivity index (χ1v) is 8.79. The molecule has 7 heteroatoms. The van der Waals surface area contributed by atoms with Crippen LogP contribution < -0.4 is 5.56 Å². The summed E-state index contributed by atoms with van der Waals surface area (Å²) in [6, 6.07) is 0.123. The number of rotatable bonds is 4. The molecule has 2 aromatic rings. The highest BCUT2D eigenvalue weighted by atomic mass is 16.2. The zero-order valence-electron chi connectivity index (χ0n) is 15.1. The summed E-state index contributed by atoms with van der Waals surface area (Å²) in [7, 11) is 0. The quantitative estimate of drug-likeness (QED) is 0.912. The number of likely N-dealkylation sites (tertiary alicyclic amines) is 1. The van der Waals surface area contributed by atoms with Crippen molar-refractivity contribution in [3.63, 3.8) is 0 Å². The van der Waals surface area contributed by atoms with Gasteiger partial charge in [-0.3, -0.25) is 14.3 Å². The van der Waals surface area contributed by atoms with Crippen molar-refractivity contribution in [3.8, 4) is 0 Å². The van der Waals surface area contributed by atoms with Crippen LogP contribution in [-0.2, 0) is 17.8 Å². The number of nitrogens with zero attached hydrogens (tertiary/aromatic N) is 4. The predicted molar refractivity (Wildman–Crippen MR) is 94.4 cm³/mol. The predicted octanol–water partition coefficient (Wildman–Crippen LogP) is 1.52. The molecule has 0 bridgehead atoms. The van der Waals surface area contributed by atoms with Crippen molar-refractivity contribution >= 4 is 5.91 Å². The van der Waals surface area contributed by atoms with Gasteiger partial charge in [-0.25, -0.2) is 4.98 Å². The van der Waals surface area contributed by atoms with Crippen LogP contribution in [0.2, 0.25) is 0 Å². The van der Waals surface area contributed by atoms with Crippen LogP contribution in [0.1, 0.15) is 41.9 Å². The topological polar surface area (TPSA) is 83.9 Å². The number of piperidine rings is 1. The fourth-order valence-electron chi connectivity index (χ4n) is 3.51. The van der Waals surface area contributed by atoms with Crippen molar-refractivity contribution in [3.05, 3.63) is 45.4 Å². The number of carbonyl (C=O) groups excluding carboxylic acids is 1. The second-order valence-electron chi connectivity index (χ2n) is 6.87. The summed E-state index contributed by atoms with van der Waals surface area (Å²) in [5.41, 5.74) is 2.00. The van der Waals surface area contributed by atoms with Gasteiger partial charge in [0.05, 0.1) is 25.2 Å². The van der Waals surface area contributed by atoms with E-state index in [0.29, 0.717) is 23.6 Å². The molecule has 1 amide bonds. The third kappa shape index (κ3) is 3.97. The fraction of sp³-hybridized carbons (Fsp3) is 0.556.